The second-order valence-corrected chi connectivity index (χ2v) is 2.93. The van der Waals surface area contributed by atoms with Crippen LogP contribution in [-0.2, 0) is 4.79 Å². The molecule has 1 heterocycles. The quantitative estimate of drug-likeness (QED) is 0.747. The summed E-state index contributed by atoms with van der Waals surface area (Å²) in [7, 11) is 0. The summed E-state index contributed by atoms with van der Waals surface area (Å²) in [6, 6.07) is 4.69. The van der Waals surface area contributed by atoms with Crippen molar-refractivity contribution in [3.63, 3.8) is 0 Å². The van der Waals surface area contributed by atoms with Gasteiger partial charge in [0.05, 0.1) is 0 Å². The topological polar surface area (TPSA) is 55.8 Å². The highest BCUT2D eigenvalue weighted by Gasteiger charge is 2.30. The smallest absolute Gasteiger partial charge is 0.387 e. The van der Waals surface area contributed by atoms with Gasteiger partial charge in [0.25, 0.3) is 0 Å². The van der Waals surface area contributed by atoms with Crippen LogP contribution in [0.25, 0.3) is 0 Å². The van der Waals surface area contributed by atoms with Crippen molar-refractivity contribution < 1.29 is 19.4 Å². The van der Waals surface area contributed by atoms with E-state index in [4.69, 9.17) is 26.2 Å². The highest BCUT2D eigenvalue weighted by atomic mass is 35.5. The molecule has 68 valence electrons. The Morgan fingerprint density at radius 2 is 2.08 bits per heavy atom. The Hall–Kier alpha value is -1.42. The van der Waals surface area contributed by atoms with Crippen molar-refractivity contribution >= 4 is 17.6 Å². The van der Waals surface area contributed by atoms with Gasteiger partial charge in [-0.05, 0) is 12.1 Å². The minimum absolute atomic E-state index is 0.361. The largest absolute Gasteiger partial charge is 0.476 e. The molecule has 2 rings (SSSR count). The fourth-order valence-electron chi connectivity index (χ4n) is 1.03. The van der Waals surface area contributed by atoms with E-state index in [1.807, 2.05) is 0 Å². The molecule has 0 amide bonds. The molecular formula is C8H5ClO4. The number of halogens is 1. The summed E-state index contributed by atoms with van der Waals surface area (Å²) >= 11 is 5.67. The second-order valence-electron chi connectivity index (χ2n) is 2.50. The van der Waals surface area contributed by atoms with E-state index in [2.05, 4.69) is 0 Å². The summed E-state index contributed by atoms with van der Waals surface area (Å²) in [5.74, 6) is -0.399. The van der Waals surface area contributed by atoms with Crippen LogP contribution in [0.1, 0.15) is 0 Å². The van der Waals surface area contributed by atoms with Gasteiger partial charge in [-0.1, -0.05) is 11.6 Å². The van der Waals surface area contributed by atoms with Gasteiger partial charge in [0.2, 0.25) is 0 Å². The minimum atomic E-state index is -1.26. The van der Waals surface area contributed by atoms with E-state index >= 15 is 0 Å². The van der Waals surface area contributed by atoms with E-state index in [1.54, 1.807) is 12.1 Å². The first-order chi connectivity index (χ1) is 6.16. The van der Waals surface area contributed by atoms with Gasteiger partial charge in [0.1, 0.15) is 0 Å². The number of carboxylic acids is 1. The maximum absolute atomic E-state index is 10.5. The fraction of sp³-hybridized carbons (Fsp3) is 0.125. The molecule has 0 bridgehead atoms. The van der Waals surface area contributed by atoms with Crippen LogP contribution in [0.4, 0.5) is 0 Å². The first-order valence-electron chi connectivity index (χ1n) is 3.52. The minimum Gasteiger partial charge on any atom is -0.476 e. The van der Waals surface area contributed by atoms with Gasteiger partial charge < -0.3 is 14.6 Å². The number of hydrogen-bond acceptors (Lipinski definition) is 3. The first-order valence-corrected chi connectivity index (χ1v) is 3.90. The van der Waals surface area contributed by atoms with E-state index in [0.29, 0.717) is 16.5 Å². The molecule has 1 aliphatic heterocycles. The molecule has 1 aliphatic rings. The average Bonchev–Trinajstić information content (AvgIpc) is 2.46. The maximum atomic E-state index is 10.5. The molecule has 1 unspecified atom stereocenters. The van der Waals surface area contributed by atoms with Gasteiger partial charge in [-0.3, -0.25) is 0 Å². The lowest BCUT2D eigenvalue weighted by atomic mass is 10.3. The van der Waals surface area contributed by atoms with Crippen molar-refractivity contribution in [3.05, 3.63) is 23.2 Å². The van der Waals surface area contributed by atoms with Gasteiger partial charge in [-0.15, -0.1) is 0 Å². The lowest BCUT2D eigenvalue weighted by molar-refractivity contribution is -0.154. The van der Waals surface area contributed by atoms with Crippen LogP contribution in [-0.4, -0.2) is 17.4 Å². The zero-order valence-electron chi connectivity index (χ0n) is 6.36. The van der Waals surface area contributed by atoms with Gasteiger partial charge in [-0.25, -0.2) is 4.79 Å². The van der Waals surface area contributed by atoms with Crippen molar-refractivity contribution in [2.24, 2.45) is 0 Å². The van der Waals surface area contributed by atoms with Crippen molar-refractivity contribution in [3.8, 4) is 11.5 Å². The van der Waals surface area contributed by atoms with Crippen molar-refractivity contribution in [2.75, 3.05) is 0 Å². The van der Waals surface area contributed by atoms with Crippen LogP contribution in [0.2, 0.25) is 5.02 Å². The predicted molar refractivity (Wildman–Crippen MR) is 44.1 cm³/mol. The van der Waals surface area contributed by atoms with Crippen molar-refractivity contribution in [2.45, 2.75) is 6.29 Å². The lowest BCUT2D eigenvalue weighted by Crippen LogP contribution is -2.28. The average molecular weight is 201 g/mol. The van der Waals surface area contributed by atoms with E-state index < -0.39 is 12.3 Å². The van der Waals surface area contributed by atoms with E-state index in [-0.39, 0.29) is 0 Å². The Labute approximate surface area is 78.6 Å². The summed E-state index contributed by atoms with van der Waals surface area (Å²) in [5.41, 5.74) is 0. The number of benzene rings is 1. The van der Waals surface area contributed by atoms with Crippen LogP contribution >= 0.6 is 11.6 Å². The Balaban J connectivity index is 2.30. The van der Waals surface area contributed by atoms with Crippen LogP contribution in [0.5, 0.6) is 11.5 Å². The van der Waals surface area contributed by atoms with E-state index in [0.717, 1.165) is 0 Å². The molecule has 1 aromatic rings. The molecule has 0 radical (unpaired) electrons. The molecule has 0 aliphatic carbocycles. The van der Waals surface area contributed by atoms with Gasteiger partial charge in [0, 0.05) is 11.1 Å². The molecule has 13 heavy (non-hydrogen) atoms. The predicted octanol–water partition coefficient (Wildman–Crippen LogP) is 1.52. The van der Waals surface area contributed by atoms with E-state index in [1.165, 1.54) is 6.07 Å². The Bertz CT molecular complexity index is 363. The van der Waals surface area contributed by atoms with Crippen LogP contribution < -0.4 is 9.47 Å². The van der Waals surface area contributed by atoms with Crippen molar-refractivity contribution in [1.82, 2.24) is 0 Å². The van der Waals surface area contributed by atoms with Gasteiger partial charge in [0.15, 0.2) is 11.5 Å². The fourth-order valence-corrected chi connectivity index (χ4v) is 1.19. The molecule has 0 spiro atoms. The summed E-state index contributed by atoms with van der Waals surface area (Å²) < 4.78 is 9.89. The lowest BCUT2D eigenvalue weighted by Gasteiger charge is -2.02. The molecule has 1 aromatic carbocycles. The summed E-state index contributed by atoms with van der Waals surface area (Å²) in [6.07, 6.45) is -1.26. The number of fused-ring (bicyclic) bond motifs is 1. The number of carboxylic acid groups (broad SMARTS) is 1. The van der Waals surface area contributed by atoms with E-state index in [9.17, 15) is 4.79 Å². The SMILES string of the molecule is O=C(O)C1Oc2ccc(Cl)cc2O1. The monoisotopic (exact) mass is 200 g/mol. The molecule has 0 fully saturated rings. The molecule has 0 saturated heterocycles. The number of aliphatic carboxylic acids is 1. The summed E-state index contributed by atoms with van der Waals surface area (Å²) in [6.45, 7) is 0. The van der Waals surface area contributed by atoms with Gasteiger partial charge >= 0.3 is 12.3 Å². The molecule has 1 atom stereocenters. The van der Waals surface area contributed by atoms with Crippen LogP contribution in [0, 0.1) is 0 Å². The molecule has 5 heteroatoms. The standard InChI is InChI=1S/C8H5ClO4/c9-4-1-2-5-6(3-4)13-8(12-5)7(10)11/h1-3,8H,(H,10,11). The molecule has 1 N–H and O–H groups in total. The first kappa shape index (κ1) is 8.19. The third kappa shape index (κ3) is 1.40. The van der Waals surface area contributed by atoms with Gasteiger partial charge in [-0.2, -0.15) is 0 Å². The Morgan fingerprint density at radius 1 is 1.38 bits per heavy atom. The number of carbonyl (C=O) groups is 1. The molecular weight excluding hydrogens is 196 g/mol. The maximum Gasteiger partial charge on any atom is 0.387 e. The van der Waals surface area contributed by atoms with Crippen LogP contribution in [0.15, 0.2) is 18.2 Å². The molecule has 4 nitrogen and oxygen atoms in total. The number of rotatable bonds is 1. The highest BCUT2D eigenvalue weighted by molar-refractivity contribution is 6.30. The van der Waals surface area contributed by atoms with Crippen molar-refractivity contribution in [1.29, 1.82) is 0 Å². The zero-order valence-corrected chi connectivity index (χ0v) is 7.12. The summed E-state index contributed by atoms with van der Waals surface area (Å²) in [4.78, 5) is 10.5. The van der Waals surface area contributed by atoms with Crippen LogP contribution in [0.3, 0.4) is 0 Å². The summed E-state index contributed by atoms with van der Waals surface area (Å²) in [5, 5.41) is 9.05. The normalized spacial score (nSPS) is 18.7. The molecule has 0 aromatic heterocycles. The zero-order chi connectivity index (χ0) is 9.42. The highest BCUT2D eigenvalue weighted by Crippen LogP contribution is 2.36. The molecule has 0 saturated carbocycles. The Kier molecular flexibility index (Phi) is 1.77. The third-order valence-electron chi connectivity index (χ3n) is 1.58. The third-order valence-corrected chi connectivity index (χ3v) is 1.81. The Morgan fingerprint density at radius 3 is 2.77 bits per heavy atom. The second kappa shape index (κ2) is 2.81. The number of ether oxygens (including phenoxy) is 2. The number of hydrogen-bond donors (Lipinski definition) is 1.